The molecule has 0 saturated carbocycles. The van der Waals surface area contributed by atoms with Crippen LogP contribution in [0.1, 0.15) is 12.0 Å². The first-order valence-corrected chi connectivity index (χ1v) is 4.66. The molecule has 0 aliphatic carbocycles. The number of anilines is 1. The van der Waals surface area contributed by atoms with Crippen molar-refractivity contribution in [2.75, 3.05) is 11.2 Å². The Bertz CT molecular complexity index is 308. The van der Waals surface area contributed by atoms with Crippen LogP contribution in [0, 0.1) is 11.8 Å². The van der Waals surface area contributed by atoms with Gasteiger partial charge >= 0.3 is 0 Å². The summed E-state index contributed by atoms with van der Waals surface area (Å²) in [6.45, 7) is 0. The minimum atomic E-state index is 0.801. The molecule has 0 bridgehead atoms. The Morgan fingerprint density at radius 3 is 2.54 bits per heavy atom. The topological polar surface area (TPSA) is 38.0 Å². The highest BCUT2D eigenvalue weighted by Gasteiger charge is 1.87. The monoisotopic (exact) mass is 192 g/mol. The second-order valence-electron chi connectivity index (χ2n) is 2.50. The van der Waals surface area contributed by atoms with E-state index in [0.717, 1.165) is 23.4 Å². The fourth-order valence-electron chi connectivity index (χ4n) is 0.870. The molecule has 0 unspecified atom stereocenters. The summed E-state index contributed by atoms with van der Waals surface area (Å²) in [7, 11) is 0. The van der Waals surface area contributed by atoms with Crippen LogP contribution in [0.25, 0.3) is 0 Å². The lowest BCUT2D eigenvalue weighted by Crippen LogP contribution is -2.05. The zero-order valence-electron chi connectivity index (χ0n) is 7.25. The van der Waals surface area contributed by atoms with E-state index < -0.39 is 0 Å². The van der Waals surface area contributed by atoms with Gasteiger partial charge in [-0.05, 0) is 24.3 Å². The third-order valence-electron chi connectivity index (χ3n) is 1.52. The van der Waals surface area contributed by atoms with Gasteiger partial charge in [-0.3, -0.25) is 5.84 Å². The number of benzene rings is 1. The summed E-state index contributed by atoms with van der Waals surface area (Å²) in [4.78, 5) is 0. The summed E-state index contributed by atoms with van der Waals surface area (Å²) in [6.07, 6.45) is 0.819. The lowest BCUT2D eigenvalue weighted by atomic mass is 10.2. The number of nitrogen functional groups attached to an aromatic ring is 1. The summed E-state index contributed by atoms with van der Waals surface area (Å²) in [5.74, 6) is 12.1. The zero-order valence-corrected chi connectivity index (χ0v) is 8.14. The first-order chi connectivity index (χ1) is 6.36. The van der Waals surface area contributed by atoms with Crippen molar-refractivity contribution in [3.05, 3.63) is 29.8 Å². The number of hydrogen-bond acceptors (Lipinski definition) is 3. The molecule has 3 heteroatoms. The van der Waals surface area contributed by atoms with E-state index in [1.54, 1.807) is 0 Å². The summed E-state index contributed by atoms with van der Waals surface area (Å²) in [5, 5.41) is 0. The first kappa shape index (κ1) is 9.97. The molecule has 0 atom stereocenters. The highest BCUT2D eigenvalue weighted by molar-refractivity contribution is 7.80. The van der Waals surface area contributed by atoms with Crippen LogP contribution >= 0.6 is 12.6 Å². The summed E-state index contributed by atoms with van der Waals surface area (Å²) < 4.78 is 0. The molecular weight excluding hydrogens is 180 g/mol. The maximum absolute atomic E-state index is 5.23. The first-order valence-electron chi connectivity index (χ1n) is 4.03. The van der Waals surface area contributed by atoms with Crippen molar-refractivity contribution in [3.8, 4) is 11.8 Å². The lowest BCUT2D eigenvalue weighted by Gasteiger charge is -1.97. The summed E-state index contributed by atoms with van der Waals surface area (Å²) in [5.41, 5.74) is 4.45. The van der Waals surface area contributed by atoms with Crippen molar-refractivity contribution in [1.82, 2.24) is 0 Å². The van der Waals surface area contributed by atoms with Gasteiger partial charge in [0, 0.05) is 23.4 Å². The molecule has 13 heavy (non-hydrogen) atoms. The van der Waals surface area contributed by atoms with Crippen LogP contribution < -0.4 is 11.3 Å². The quantitative estimate of drug-likeness (QED) is 0.288. The van der Waals surface area contributed by atoms with Crippen LogP contribution in [-0.4, -0.2) is 5.75 Å². The number of thiol groups is 1. The highest BCUT2D eigenvalue weighted by atomic mass is 32.1. The van der Waals surface area contributed by atoms with Crippen LogP contribution in [0.4, 0.5) is 5.69 Å². The molecule has 2 nitrogen and oxygen atoms in total. The van der Waals surface area contributed by atoms with E-state index in [0.29, 0.717) is 0 Å². The van der Waals surface area contributed by atoms with E-state index >= 15 is 0 Å². The van der Waals surface area contributed by atoms with Gasteiger partial charge in [0.25, 0.3) is 0 Å². The van der Waals surface area contributed by atoms with Gasteiger partial charge in [0.2, 0.25) is 0 Å². The van der Waals surface area contributed by atoms with Gasteiger partial charge in [0.05, 0.1) is 0 Å². The second kappa shape index (κ2) is 5.52. The molecule has 0 saturated heterocycles. The van der Waals surface area contributed by atoms with Gasteiger partial charge in [-0.15, -0.1) is 0 Å². The van der Waals surface area contributed by atoms with Crippen molar-refractivity contribution in [1.29, 1.82) is 0 Å². The second-order valence-corrected chi connectivity index (χ2v) is 2.94. The number of hydrazine groups is 1. The van der Waals surface area contributed by atoms with Crippen molar-refractivity contribution < 1.29 is 0 Å². The maximum Gasteiger partial charge on any atom is 0.0485 e. The van der Waals surface area contributed by atoms with E-state index in [2.05, 4.69) is 29.9 Å². The molecular formula is C10H12N2S. The summed E-state index contributed by atoms with van der Waals surface area (Å²) >= 11 is 4.07. The molecule has 0 amide bonds. The zero-order chi connectivity index (χ0) is 9.52. The fourth-order valence-corrected chi connectivity index (χ4v) is 0.982. The van der Waals surface area contributed by atoms with Crippen LogP contribution in [0.15, 0.2) is 24.3 Å². The summed E-state index contributed by atoms with van der Waals surface area (Å²) in [6, 6.07) is 7.65. The van der Waals surface area contributed by atoms with Gasteiger partial charge < -0.3 is 5.43 Å². The Kier molecular flexibility index (Phi) is 4.24. The lowest BCUT2D eigenvalue weighted by molar-refractivity contribution is 1.31. The predicted octanol–water partition coefficient (Wildman–Crippen LogP) is 1.64. The highest BCUT2D eigenvalue weighted by Crippen LogP contribution is 2.06. The Labute approximate surface area is 83.9 Å². The standard InChI is InChI=1S/C10H12N2S/c11-12-10-6-4-9(5-7-10)3-1-2-8-13/h4-7,12-13H,2,8,11H2. The predicted molar refractivity (Wildman–Crippen MR) is 59.6 cm³/mol. The van der Waals surface area contributed by atoms with Crippen LogP contribution in [0.5, 0.6) is 0 Å². The minimum absolute atomic E-state index is 0.801. The Hall–Kier alpha value is -1.11. The third kappa shape index (κ3) is 3.41. The van der Waals surface area contributed by atoms with Crippen LogP contribution in [-0.2, 0) is 0 Å². The molecule has 0 spiro atoms. The largest absolute Gasteiger partial charge is 0.324 e. The normalized spacial score (nSPS) is 8.77. The number of nitrogens with one attached hydrogen (secondary N) is 1. The van der Waals surface area contributed by atoms with Gasteiger partial charge in [-0.25, -0.2) is 0 Å². The smallest absolute Gasteiger partial charge is 0.0485 e. The van der Waals surface area contributed by atoms with Crippen LogP contribution in [0.2, 0.25) is 0 Å². The molecule has 0 aliphatic heterocycles. The van der Waals surface area contributed by atoms with E-state index in [-0.39, 0.29) is 0 Å². The Morgan fingerprint density at radius 2 is 2.00 bits per heavy atom. The minimum Gasteiger partial charge on any atom is -0.324 e. The van der Waals surface area contributed by atoms with Crippen molar-refractivity contribution in [3.63, 3.8) is 0 Å². The Morgan fingerprint density at radius 1 is 1.31 bits per heavy atom. The average molecular weight is 192 g/mol. The molecule has 0 radical (unpaired) electrons. The molecule has 0 aromatic heterocycles. The maximum atomic E-state index is 5.23. The molecule has 1 aromatic rings. The van der Waals surface area contributed by atoms with Crippen molar-refractivity contribution in [2.45, 2.75) is 6.42 Å². The fraction of sp³-hybridized carbons (Fsp3) is 0.200. The third-order valence-corrected chi connectivity index (χ3v) is 1.74. The molecule has 0 fully saturated rings. The number of rotatable bonds is 2. The van der Waals surface area contributed by atoms with E-state index in [9.17, 15) is 0 Å². The number of hydrogen-bond donors (Lipinski definition) is 3. The molecule has 3 N–H and O–H groups in total. The Balaban J connectivity index is 2.65. The van der Waals surface area contributed by atoms with Gasteiger partial charge in [-0.1, -0.05) is 11.8 Å². The number of nitrogens with two attached hydrogens (primary N) is 1. The molecule has 1 rings (SSSR count). The average Bonchev–Trinajstić information content (AvgIpc) is 2.19. The SMILES string of the molecule is NNc1ccc(C#CCCS)cc1. The molecule has 1 aromatic carbocycles. The van der Waals surface area contributed by atoms with Gasteiger partial charge in [0.1, 0.15) is 0 Å². The van der Waals surface area contributed by atoms with E-state index in [1.165, 1.54) is 0 Å². The molecule has 68 valence electrons. The van der Waals surface area contributed by atoms with Crippen molar-refractivity contribution in [2.24, 2.45) is 5.84 Å². The van der Waals surface area contributed by atoms with Crippen molar-refractivity contribution >= 4 is 18.3 Å². The molecule has 0 aliphatic rings. The van der Waals surface area contributed by atoms with E-state index in [4.69, 9.17) is 5.84 Å². The van der Waals surface area contributed by atoms with Gasteiger partial charge in [-0.2, -0.15) is 12.6 Å². The van der Waals surface area contributed by atoms with Crippen LogP contribution in [0.3, 0.4) is 0 Å². The molecule has 0 heterocycles. The van der Waals surface area contributed by atoms with E-state index in [1.807, 2.05) is 24.3 Å². The van der Waals surface area contributed by atoms with Gasteiger partial charge in [0.15, 0.2) is 0 Å².